The molecular formula is C12H24N2O4S. The van der Waals surface area contributed by atoms with Gasteiger partial charge in [-0.1, -0.05) is 12.2 Å². The Morgan fingerprint density at radius 1 is 1.21 bits per heavy atom. The molecule has 0 spiro atoms. The van der Waals surface area contributed by atoms with Gasteiger partial charge in [0.05, 0.1) is 18.2 Å². The molecular weight excluding hydrogens is 268 g/mol. The van der Waals surface area contributed by atoms with Crippen LogP contribution in [-0.2, 0) is 19.0 Å². The molecule has 0 aromatic heterocycles. The molecule has 0 aliphatic carbocycles. The molecule has 0 bridgehead atoms. The van der Waals surface area contributed by atoms with E-state index in [0.29, 0.717) is 44.4 Å². The van der Waals surface area contributed by atoms with Crippen LogP contribution < -0.4 is 5.73 Å². The zero-order valence-corrected chi connectivity index (χ0v) is 12.5. The van der Waals surface area contributed by atoms with Gasteiger partial charge in [-0.05, 0) is 6.42 Å². The molecule has 0 unspecified atom stereocenters. The average molecular weight is 292 g/mol. The molecule has 19 heavy (non-hydrogen) atoms. The number of hydrogen-bond donors (Lipinski definition) is 1. The molecule has 112 valence electrons. The van der Waals surface area contributed by atoms with Crippen LogP contribution in [0.25, 0.3) is 0 Å². The molecule has 2 N–H and O–H groups in total. The Morgan fingerprint density at radius 2 is 1.89 bits per heavy atom. The number of likely N-dealkylation sites (N-methyl/N-ethyl adjacent to an activating group) is 1. The second-order valence-corrected chi connectivity index (χ2v) is 4.57. The highest BCUT2D eigenvalue weighted by Crippen LogP contribution is 1.92. The highest BCUT2D eigenvalue weighted by molar-refractivity contribution is 7.80. The molecule has 0 radical (unpaired) electrons. The third-order valence-corrected chi connectivity index (χ3v) is 2.56. The number of carbonyl (C=O) groups excluding carboxylic acids is 1. The Kier molecular flexibility index (Phi) is 11.8. The molecule has 7 heteroatoms. The summed E-state index contributed by atoms with van der Waals surface area (Å²) in [7, 11) is 3.34. The van der Waals surface area contributed by atoms with Crippen molar-refractivity contribution in [2.24, 2.45) is 5.73 Å². The monoisotopic (exact) mass is 292 g/mol. The number of thiocarbonyl (C=S) groups is 1. The largest absolute Gasteiger partial charge is 0.393 e. The van der Waals surface area contributed by atoms with Crippen LogP contribution in [0, 0.1) is 0 Å². The standard InChI is InChI=1S/C12H24N2O4S/c1-14(5-4-11(13)19)12(15)10-18-7-3-6-17-9-8-16-2/h3-10H2,1-2H3,(H2,13,19). The Morgan fingerprint density at radius 3 is 2.53 bits per heavy atom. The van der Waals surface area contributed by atoms with E-state index in [1.807, 2.05) is 0 Å². The first kappa shape index (κ1) is 18.2. The summed E-state index contributed by atoms with van der Waals surface area (Å²) in [5, 5.41) is 0. The number of nitrogens with zero attached hydrogens (tertiary/aromatic N) is 1. The fraction of sp³-hybridized carbons (Fsp3) is 0.833. The number of methoxy groups -OCH3 is 1. The summed E-state index contributed by atoms with van der Waals surface area (Å²) in [5.74, 6) is -0.0726. The summed E-state index contributed by atoms with van der Waals surface area (Å²) >= 11 is 4.75. The number of nitrogens with two attached hydrogens (primary N) is 1. The summed E-state index contributed by atoms with van der Waals surface area (Å²) in [6, 6.07) is 0. The van der Waals surface area contributed by atoms with Gasteiger partial charge in [-0.25, -0.2) is 0 Å². The molecule has 0 aromatic rings. The number of amides is 1. The van der Waals surface area contributed by atoms with Gasteiger partial charge < -0.3 is 24.8 Å². The van der Waals surface area contributed by atoms with E-state index in [1.165, 1.54) is 0 Å². The van der Waals surface area contributed by atoms with Crippen molar-refractivity contribution < 1.29 is 19.0 Å². The number of ether oxygens (including phenoxy) is 3. The van der Waals surface area contributed by atoms with Crippen LogP contribution in [0.15, 0.2) is 0 Å². The summed E-state index contributed by atoms with van der Waals surface area (Å²) in [6.07, 6.45) is 1.29. The van der Waals surface area contributed by atoms with Crippen molar-refractivity contribution in [3.63, 3.8) is 0 Å². The molecule has 0 aromatic carbocycles. The molecule has 0 heterocycles. The van der Waals surface area contributed by atoms with Gasteiger partial charge in [0.25, 0.3) is 0 Å². The molecule has 6 nitrogen and oxygen atoms in total. The molecule has 0 rings (SSSR count). The average Bonchev–Trinajstić information content (AvgIpc) is 2.38. The highest BCUT2D eigenvalue weighted by atomic mass is 32.1. The van der Waals surface area contributed by atoms with E-state index in [0.717, 1.165) is 6.42 Å². The van der Waals surface area contributed by atoms with Crippen LogP contribution in [0.4, 0.5) is 0 Å². The van der Waals surface area contributed by atoms with Gasteiger partial charge >= 0.3 is 0 Å². The number of hydrogen-bond acceptors (Lipinski definition) is 5. The predicted molar refractivity (Wildman–Crippen MR) is 77.2 cm³/mol. The van der Waals surface area contributed by atoms with Crippen molar-refractivity contribution in [3.8, 4) is 0 Å². The Labute approximate surface area is 120 Å². The minimum atomic E-state index is -0.0726. The van der Waals surface area contributed by atoms with Gasteiger partial charge in [-0.2, -0.15) is 0 Å². The molecule has 0 aliphatic heterocycles. The summed E-state index contributed by atoms with van der Waals surface area (Å²) < 4.78 is 15.4. The Balaban J connectivity index is 3.39. The third-order valence-electron chi connectivity index (χ3n) is 2.35. The molecule has 0 aliphatic rings. The van der Waals surface area contributed by atoms with E-state index in [9.17, 15) is 4.79 Å². The van der Waals surface area contributed by atoms with Crippen molar-refractivity contribution >= 4 is 23.1 Å². The van der Waals surface area contributed by atoms with Gasteiger partial charge in [-0.3, -0.25) is 4.79 Å². The minimum Gasteiger partial charge on any atom is -0.393 e. The summed E-state index contributed by atoms with van der Waals surface area (Å²) in [5.41, 5.74) is 5.37. The second-order valence-electron chi connectivity index (χ2n) is 4.04. The van der Waals surface area contributed by atoms with E-state index in [1.54, 1.807) is 19.1 Å². The first-order valence-corrected chi connectivity index (χ1v) is 6.65. The first-order valence-electron chi connectivity index (χ1n) is 6.24. The Bertz CT molecular complexity index is 264. The lowest BCUT2D eigenvalue weighted by Gasteiger charge is -2.16. The van der Waals surface area contributed by atoms with Crippen LogP contribution in [0.1, 0.15) is 12.8 Å². The second kappa shape index (κ2) is 12.3. The molecule has 0 atom stereocenters. The highest BCUT2D eigenvalue weighted by Gasteiger charge is 2.08. The van der Waals surface area contributed by atoms with Crippen LogP contribution in [-0.4, -0.2) is 69.5 Å². The van der Waals surface area contributed by atoms with Crippen molar-refractivity contribution in [3.05, 3.63) is 0 Å². The van der Waals surface area contributed by atoms with Crippen LogP contribution in [0.3, 0.4) is 0 Å². The van der Waals surface area contributed by atoms with Gasteiger partial charge in [0, 0.05) is 40.3 Å². The Hall–Kier alpha value is -0.760. The van der Waals surface area contributed by atoms with E-state index >= 15 is 0 Å². The normalized spacial score (nSPS) is 10.4. The lowest BCUT2D eigenvalue weighted by atomic mass is 10.4. The fourth-order valence-corrected chi connectivity index (χ4v) is 1.27. The van der Waals surface area contributed by atoms with Gasteiger partial charge in [0.1, 0.15) is 6.61 Å². The topological polar surface area (TPSA) is 74.0 Å². The van der Waals surface area contributed by atoms with Crippen LogP contribution in [0.2, 0.25) is 0 Å². The molecule has 0 saturated carbocycles. The van der Waals surface area contributed by atoms with Crippen molar-refractivity contribution in [1.82, 2.24) is 4.90 Å². The van der Waals surface area contributed by atoms with Gasteiger partial charge in [-0.15, -0.1) is 0 Å². The van der Waals surface area contributed by atoms with Crippen LogP contribution in [0.5, 0.6) is 0 Å². The zero-order valence-electron chi connectivity index (χ0n) is 11.7. The van der Waals surface area contributed by atoms with Crippen LogP contribution >= 0.6 is 12.2 Å². The maximum atomic E-state index is 11.6. The minimum absolute atomic E-state index is 0.0726. The maximum absolute atomic E-state index is 11.6. The maximum Gasteiger partial charge on any atom is 0.248 e. The lowest BCUT2D eigenvalue weighted by molar-refractivity contribution is -0.134. The van der Waals surface area contributed by atoms with Crippen molar-refractivity contribution in [2.75, 3.05) is 53.7 Å². The predicted octanol–water partition coefficient (Wildman–Crippen LogP) is 0.191. The lowest BCUT2D eigenvalue weighted by Crippen LogP contribution is -2.33. The molecule has 0 saturated heterocycles. The fourth-order valence-electron chi connectivity index (χ4n) is 1.18. The summed E-state index contributed by atoms with van der Waals surface area (Å²) in [4.78, 5) is 13.6. The van der Waals surface area contributed by atoms with Gasteiger partial charge in [0.15, 0.2) is 0 Å². The number of carbonyl (C=O) groups is 1. The first-order chi connectivity index (χ1) is 9.07. The smallest absolute Gasteiger partial charge is 0.248 e. The van der Waals surface area contributed by atoms with E-state index in [4.69, 9.17) is 32.2 Å². The van der Waals surface area contributed by atoms with Crippen molar-refractivity contribution in [1.29, 1.82) is 0 Å². The quantitative estimate of drug-likeness (QED) is 0.409. The zero-order chi connectivity index (χ0) is 14.5. The molecule has 0 fully saturated rings. The van der Waals surface area contributed by atoms with E-state index in [2.05, 4.69) is 0 Å². The van der Waals surface area contributed by atoms with Gasteiger partial charge in [0.2, 0.25) is 5.91 Å². The summed E-state index contributed by atoms with van der Waals surface area (Å²) in [6.45, 7) is 2.88. The third kappa shape index (κ3) is 12.0. The SMILES string of the molecule is COCCOCCCOCC(=O)N(C)CCC(N)=S. The van der Waals surface area contributed by atoms with Crippen molar-refractivity contribution in [2.45, 2.75) is 12.8 Å². The molecule has 1 amide bonds. The van der Waals surface area contributed by atoms with E-state index in [-0.39, 0.29) is 12.5 Å². The van der Waals surface area contributed by atoms with E-state index < -0.39 is 0 Å². The number of rotatable bonds is 12.